The van der Waals surface area contributed by atoms with E-state index in [1.807, 2.05) is 43.3 Å². The average molecular weight is 609 g/mol. The van der Waals surface area contributed by atoms with Crippen molar-refractivity contribution in [2.75, 3.05) is 32.9 Å². The lowest BCUT2D eigenvalue weighted by Crippen LogP contribution is -2.49. The lowest BCUT2D eigenvalue weighted by Gasteiger charge is -2.37. The van der Waals surface area contributed by atoms with E-state index in [1.54, 1.807) is 30.3 Å². The van der Waals surface area contributed by atoms with Crippen molar-refractivity contribution in [2.24, 2.45) is 11.7 Å². The molecule has 6 N–H and O–H groups in total. The van der Waals surface area contributed by atoms with Crippen LogP contribution in [0.15, 0.2) is 66.7 Å². The van der Waals surface area contributed by atoms with Gasteiger partial charge in [-0.2, -0.15) is 0 Å². The molecule has 0 radical (unpaired) electrons. The van der Waals surface area contributed by atoms with Gasteiger partial charge in [0.15, 0.2) is 0 Å². The molecule has 0 aromatic heterocycles. The molecule has 44 heavy (non-hydrogen) atoms. The van der Waals surface area contributed by atoms with Gasteiger partial charge in [0.25, 0.3) is 0 Å². The van der Waals surface area contributed by atoms with Gasteiger partial charge in [-0.3, -0.25) is 18.9 Å². The van der Waals surface area contributed by atoms with Gasteiger partial charge in [-0.1, -0.05) is 24.3 Å². The van der Waals surface area contributed by atoms with Gasteiger partial charge in [-0.15, -0.1) is 0 Å². The van der Waals surface area contributed by atoms with Crippen LogP contribution in [-0.2, 0) is 9.59 Å². The standard InChI is InChI=1S/C28H28FNO4.C5H9NO4/c1-18-25-14-23(32)7-10-26(25)34-28(27(18)21-3-2-4-22(31)13-21)20-5-8-24(9-6-20)33-12-11-30-16-19(15-29)17-30;6-3(5(9)10)1-2-4(7)8/h2-10,13-14,19,28,31-32H,11-12,15-17H2,1H3;3H,1-2,6H2,(H,7,8)(H,9,10)/t28-;/m0./s1. The monoisotopic (exact) mass is 608 g/mol. The Hall–Kier alpha value is -4.61. The number of nitrogens with zero attached hydrogens (tertiary/aromatic N) is 1. The Kier molecular flexibility index (Phi) is 10.8. The number of likely N-dealkylation sites (tertiary alicyclic amines) is 1. The molecule has 11 heteroatoms. The van der Waals surface area contributed by atoms with Crippen LogP contribution in [-0.4, -0.2) is 76.2 Å². The summed E-state index contributed by atoms with van der Waals surface area (Å²) < 4.78 is 24.9. The highest BCUT2D eigenvalue weighted by molar-refractivity contribution is 5.95. The minimum Gasteiger partial charge on any atom is -0.508 e. The molecule has 3 aromatic rings. The van der Waals surface area contributed by atoms with E-state index >= 15 is 0 Å². The number of aliphatic carboxylic acids is 2. The number of hydrogen-bond donors (Lipinski definition) is 5. The fourth-order valence-electron chi connectivity index (χ4n) is 5.11. The van der Waals surface area contributed by atoms with Crippen LogP contribution in [0, 0.1) is 5.92 Å². The van der Waals surface area contributed by atoms with Crippen LogP contribution >= 0.6 is 0 Å². The van der Waals surface area contributed by atoms with Gasteiger partial charge in [0, 0.05) is 43.1 Å². The predicted octanol–water partition coefficient (Wildman–Crippen LogP) is 4.71. The van der Waals surface area contributed by atoms with Gasteiger partial charge in [0.05, 0.1) is 6.67 Å². The topological polar surface area (TPSA) is 163 Å². The SMILES string of the molecule is CC1=C(c2cccc(O)c2)[C@H](c2ccc(OCCN3CC(CF)C3)cc2)Oc2ccc(O)cc21.NC(CCC(=O)O)C(=O)O. The molecule has 1 fully saturated rings. The maximum Gasteiger partial charge on any atom is 0.320 e. The van der Waals surface area contributed by atoms with E-state index in [0.29, 0.717) is 12.4 Å². The minimum absolute atomic E-state index is 0.0231. The Balaban J connectivity index is 0.000000382. The van der Waals surface area contributed by atoms with Crippen LogP contribution in [0.2, 0.25) is 0 Å². The zero-order valence-electron chi connectivity index (χ0n) is 24.4. The number of allylic oxidation sites excluding steroid dienone is 1. The molecule has 3 aromatic carbocycles. The Labute approximate surface area is 254 Å². The van der Waals surface area contributed by atoms with E-state index in [4.69, 9.17) is 25.4 Å². The van der Waals surface area contributed by atoms with Gasteiger partial charge in [0.2, 0.25) is 0 Å². The molecule has 0 aliphatic carbocycles. The highest BCUT2D eigenvalue weighted by atomic mass is 19.1. The Bertz CT molecular complexity index is 1490. The normalized spacial score (nSPS) is 16.9. The summed E-state index contributed by atoms with van der Waals surface area (Å²) in [6.07, 6.45) is -0.607. The number of carboxylic acid groups (broad SMARTS) is 2. The number of hydrogen-bond acceptors (Lipinski definition) is 8. The van der Waals surface area contributed by atoms with Gasteiger partial charge in [-0.25, -0.2) is 0 Å². The second-order valence-corrected chi connectivity index (χ2v) is 10.8. The highest BCUT2D eigenvalue weighted by Gasteiger charge is 2.30. The molecule has 2 aliphatic rings. The molecule has 0 saturated carbocycles. The van der Waals surface area contributed by atoms with Crippen LogP contribution in [0.25, 0.3) is 11.1 Å². The van der Waals surface area contributed by atoms with Gasteiger partial charge >= 0.3 is 11.9 Å². The molecule has 1 saturated heterocycles. The van der Waals surface area contributed by atoms with Crippen molar-refractivity contribution in [3.05, 3.63) is 83.4 Å². The van der Waals surface area contributed by atoms with Crippen LogP contribution in [0.4, 0.5) is 4.39 Å². The number of nitrogens with two attached hydrogens (primary N) is 1. The zero-order chi connectivity index (χ0) is 31.8. The first-order valence-electron chi connectivity index (χ1n) is 14.3. The van der Waals surface area contributed by atoms with E-state index in [9.17, 15) is 24.2 Å². The summed E-state index contributed by atoms with van der Waals surface area (Å²) in [6, 6.07) is 19.0. The van der Waals surface area contributed by atoms with Crippen LogP contribution in [0.5, 0.6) is 23.0 Å². The number of carbonyl (C=O) groups is 2. The molecule has 2 atom stereocenters. The summed E-state index contributed by atoms with van der Waals surface area (Å²) >= 11 is 0. The van der Waals surface area contributed by atoms with Crippen molar-refractivity contribution in [1.29, 1.82) is 0 Å². The number of fused-ring (bicyclic) bond motifs is 1. The number of ether oxygens (including phenoxy) is 2. The van der Waals surface area contributed by atoms with Crippen molar-refractivity contribution < 1.29 is 43.9 Å². The Morgan fingerprint density at radius 2 is 1.75 bits per heavy atom. The van der Waals surface area contributed by atoms with Crippen molar-refractivity contribution in [3.8, 4) is 23.0 Å². The molecule has 0 spiro atoms. The smallest absolute Gasteiger partial charge is 0.320 e. The number of benzene rings is 3. The molecule has 10 nitrogen and oxygen atoms in total. The second kappa shape index (κ2) is 14.7. The third kappa shape index (κ3) is 8.27. The zero-order valence-corrected chi connectivity index (χ0v) is 24.4. The molecule has 0 amide bonds. The first-order valence-corrected chi connectivity index (χ1v) is 14.3. The fraction of sp³-hybridized carbons (Fsp3) is 0.333. The molecular formula is C33H37FN2O8. The molecule has 2 heterocycles. The molecule has 5 rings (SSSR count). The van der Waals surface area contributed by atoms with E-state index < -0.39 is 18.0 Å². The van der Waals surface area contributed by atoms with E-state index in [-0.39, 0.29) is 43.0 Å². The van der Waals surface area contributed by atoms with Gasteiger partial charge in [-0.05, 0) is 72.5 Å². The summed E-state index contributed by atoms with van der Waals surface area (Å²) in [4.78, 5) is 22.1. The third-order valence-electron chi connectivity index (χ3n) is 7.53. The van der Waals surface area contributed by atoms with Crippen molar-refractivity contribution in [2.45, 2.75) is 31.9 Å². The van der Waals surface area contributed by atoms with Crippen LogP contribution in [0.3, 0.4) is 0 Å². The molecular weight excluding hydrogens is 571 g/mol. The van der Waals surface area contributed by atoms with Crippen LogP contribution < -0.4 is 15.2 Å². The largest absolute Gasteiger partial charge is 0.508 e. The number of rotatable bonds is 11. The van der Waals surface area contributed by atoms with Crippen molar-refractivity contribution in [1.82, 2.24) is 4.90 Å². The summed E-state index contributed by atoms with van der Waals surface area (Å²) in [7, 11) is 0. The Morgan fingerprint density at radius 1 is 1.05 bits per heavy atom. The average Bonchev–Trinajstić information content (AvgIpc) is 2.98. The number of aromatic hydroxyl groups is 2. The molecule has 0 bridgehead atoms. The van der Waals surface area contributed by atoms with Crippen molar-refractivity contribution >= 4 is 23.1 Å². The third-order valence-corrected chi connectivity index (χ3v) is 7.53. The maximum absolute atomic E-state index is 12.6. The first-order chi connectivity index (χ1) is 21.0. The van der Waals surface area contributed by atoms with Gasteiger partial charge < -0.3 is 35.6 Å². The summed E-state index contributed by atoms with van der Waals surface area (Å²) in [6.45, 7) is 4.72. The van der Waals surface area contributed by atoms with E-state index in [1.165, 1.54) is 0 Å². The number of phenolic OH excluding ortho intramolecular Hbond substituents is 2. The quantitative estimate of drug-likeness (QED) is 0.206. The lowest BCUT2D eigenvalue weighted by molar-refractivity contribution is -0.139. The number of halogens is 1. The maximum atomic E-state index is 12.6. The second-order valence-electron chi connectivity index (χ2n) is 10.8. The predicted molar refractivity (Wildman–Crippen MR) is 162 cm³/mol. The van der Waals surface area contributed by atoms with E-state index in [0.717, 1.165) is 53.2 Å². The highest BCUT2D eigenvalue weighted by Crippen LogP contribution is 2.47. The van der Waals surface area contributed by atoms with E-state index in [2.05, 4.69) is 4.90 Å². The van der Waals surface area contributed by atoms with Gasteiger partial charge in [0.1, 0.15) is 41.8 Å². The number of alkyl halides is 1. The summed E-state index contributed by atoms with van der Waals surface area (Å²) in [5, 5.41) is 36.4. The molecule has 2 aliphatic heterocycles. The summed E-state index contributed by atoms with van der Waals surface area (Å²) in [5.74, 6) is -0.186. The summed E-state index contributed by atoms with van der Waals surface area (Å²) in [5.41, 5.74) is 9.56. The Morgan fingerprint density at radius 3 is 2.39 bits per heavy atom. The molecule has 234 valence electrons. The lowest BCUT2D eigenvalue weighted by atomic mass is 9.86. The number of phenols is 2. The van der Waals surface area contributed by atoms with Crippen LogP contribution in [0.1, 0.15) is 42.6 Å². The fourth-order valence-corrected chi connectivity index (χ4v) is 5.11. The molecule has 1 unspecified atom stereocenters. The first kappa shape index (κ1) is 32.3. The number of carboxylic acids is 2. The minimum atomic E-state index is -1.17. The van der Waals surface area contributed by atoms with Crippen molar-refractivity contribution in [3.63, 3.8) is 0 Å².